The number of benzene rings is 2. The lowest BCUT2D eigenvalue weighted by molar-refractivity contribution is -0.140. The Morgan fingerprint density at radius 1 is 1.03 bits per heavy atom. The highest BCUT2D eigenvalue weighted by atomic mass is 16.5. The number of furan rings is 1. The van der Waals surface area contributed by atoms with Crippen molar-refractivity contribution in [2.75, 3.05) is 6.61 Å². The molecule has 0 spiro atoms. The molecule has 1 saturated heterocycles. The van der Waals surface area contributed by atoms with Crippen molar-refractivity contribution in [2.45, 2.75) is 32.9 Å². The number of carbonyl (C=O) groups is 2. The molecular weight excluding hydrogens is 406 g/mol. The number of hydrogen-bond donors (Lipinski definition) is 1. The molecular formula is C26H25NO5. The topological polar surface area (TPSA) is 80.0 Å². The van der Waals surface area contributed by atoms with Crippen LogP contribution in [0.4, 0.5) is 0 Å². The highest BCUT2D eigenvalue weighted by Crippen LogP contribution is 2.41. The Kier molecular flexibility index (Phi) is 6.12. The maximum atomic E-state index is 13.0. The van der Waals surface area contributed by atoms with Gasteiger partial charge in [-0.1, -0.05) is 37.3 Å². The van der Waals surface area contributed by atoms with Crippen LogP contribution < -0.4 is 4.74 Å². The number of Topliss-reactive ketones (excluding diaryl/α,β-unsaturated/α-hetero) is 1. The highest BCUT2D eigenvalue weighted by molar-refractivity contribution is 6.46. The molecule has 0 saturated carbocycles. The van der Waals surface area contributed by atoms with Crippen molar-refractivity contribution in [3.8, 4) is 5.75 Å². The number of ketones is 1. The fourth-order valence-corrected chi connectivity index (χ4v) is 3.80. The van der Waals surface area contributed by atoms with Gasteiger partial charge < -0.3 is 19.2 Å². The molecule has 1 amide bonds. The second kappa shape index (κ2) is 9.14. The van der Waals surface area contributed by atoms with Gasteiger partial charge in [-0.2, -0.15) is 0 Å². The predicted octanol–water partition coefficient (Wildman–Crippen LogP) is 5.00. The van der Waals surface area contributed by atoms with Gasteiger partial charge in [-0.05, 0) is 55.3 Å². The van der Waals surface area contributed by atoms with Gasteiger partial charge >= 0.3 is 0 Å². The summed E-state index contributed by atoms with van der Waals surface area (Å²) in [5, 5.41) is 11.1. The summed E-state index contributed by atoms with van der Waals surface area (Å²) in [5.41, 5.74) is 1.32. The molecule has 0 bridgehead atoms. The van der Waals surface area contributed by atoms with Crippen LogP contribution in [-0.4, -0.2) is 28.3 Å². The number of aliphatic hydroxyl groups is 1. The van der Waals surface area contributed by atoms with Crippen LogP contribution >= 0.6 is 0 Å². The lowest BCUT2D eigenvalue weighted by atomic mass is 9.99. The van der Waals surface area contributed by atoms with Gasteiger partial charge in [-0.15, -0.1) is 0 Å². The first kappa shape index (κ1) is 21.4. The van der Waals surface area contributed by atoms with E-state index in [0.717, 1.165) is 12.0 Å². The third-order valence-corrected chi connectivity index (χ3v) is 5.37. The van der Waals surface area contributed by atoms with E-state index < -0.39 is 17.7 Å². The third kappa shape index (κ3) is 4.17. The molecule has 1 N–H and O–H groups in total. The number of carbonyl (C=O) groups excluding carboxylic acids is 2. The van der Waals surface area contributed by atoms with E-state index in [0.29, 0.717) is 29.4 Å². The maximum Gasteiger partial charge on any atom is 0.296 e. The number of aryl methyl sites for hydroxylation is 1. The summed E-state index contributed by atoms with van der Waals surface area (Å²) in [6.07, 6.45) is 0.884. The standard InChI is InChI=1S/C26H25NO5/c1-3-15-31-20-12-10-19(11-13-20)24(28)22-23(21-14-9-17(2)32-21)27(26(30)25(22)29)16-18-7-5-4-6-8-18/h4-14,23,28H,3,15-16H2,1-2H3. The summed E-state index contributed by atoms with van der Waals surface area (Å²) in [6, 6.07) is 18.9. The van der Waals surface area contributed by atoms with Gasteiger partial charge in [-0.3, -0.25) is 9.59 Å². The van der Waals surface area contributed by atoms with Crippen LogP contribution in [0.5, 0.6) is 5.75 Å². The lowest BCUT2D eigenvalue weighted by Gasteiger charge is -2.23. The summed E-state index contributed by atoms with van der Waals surface area (Å²) in [6.45, 7) is 4.62. The second-order valence-electron chi connectivity index (χ2n) is 7.73. The van der Waals surface area contributed by atoms with Gasteiger partial charge in [0, 0.05) is 12.1 Å². The molecule has 1 aliphatic rings. The molecule has 1 unspecified atom stereocenters. The smallest absolute Gasteiger partial charge is 0.296 e. The summed E-state index contributed by atoms with van der Waals surface area (Å²) in [5.74, 6) is 0.122. The molecule has 1 aromatic heterocycles. The van der Waals surface area contributed by atoms with E-state index in [1.165, 1.54) is 4.90 Å². The molecule has 2 heterocycles. The average molecular weight is 431 g/mol. The molecule has 6 heteroatoms. The SMILES string of the molecule is CCCOc1ccc(C(O)=C2C(=O)C(=O)N(Cc3ccccc3)C2c2ccc(C)o2)cc1. The van der Waals surface area contributed by atoms with Crippen LogP contribution in [0.15, 0.2) is 76.7 Å². The number of hydrogen-bond acceptors (Lipinski definition) is 5. The van der Waals surface area contributed by atoms with Crippen LogP contribution in [0.3, 0.4) is 0 Å². The number of nitrogens with zero attached hydrogens (tertiary/aromatic N) is 1. The number of amides is 1. The minimum absolute atomic E-state index is 0.0162. The van der Waals surface area contributed by atoms with Gasteiger partial charge in [0.15, 0.2) is 0 Å². The Morgan fingerprint density at radius 3 is 2.38 bits per heavy atom. The van der Waals surface area contributed by atoms with Crippen molar-refractivity contribution in [2.24, 2.45) is 0 Å². The zero-order chi connectivity index (χ0) is 22.7. The summed E-state index contributed by atoms with van der Waals surface area (Å²) < 4.78 is 11.4. The van der Waals surface area contributed by atoms with E-state index in [1.54, 1.807) is 43.3 Å². The molecule has 2 aromatic carbocycles. The minimum atomic E-state index is -0.820. The molecule has 0 radical (unpaired) electrons. The van der Waals surface area contributed by atoms with Crippen LogP contribution in [0.2, 0.25) is 0 Å². The van der Waals surface area contributed by atoms with Gasteiger partial charge in [-0.25, -0.2) is 0 Å². The summed E-state index contributed by atoms with van der Waals surface area (Å²) in [7, 11) is 0. The fraction of sp³-hybridized carbons (Fsp3) is 0.231. The number of ether oxygens (including phenoxy) is 1. The van der Waals surface area contributed by atoms with Crippen molar-refractivity contribution in [1.29, 1.82) is 0 Å². The van der Waals surface area contributed by atoms with Crippen LogP contribution in [0.25, 0.3) is 5.76 Å². The molecule has 4 rings (SSSR count). The summed E-state index contributed by atoms with van der Waals surface area (Å²) in [4.78, 5) is 27.5. The Labute approximate surface area is 186 Å². The van der Waals surface area contributed by atoms with Crippen molar-refractivity contribution in [1.82, 2.24) is 4.90 Å². The molecule has 1 atom stereocenters. The Bertz CT molecular complexity index is 1140. The molecule has 32 heavy (non-hydrogen) atoms. The molecule has 164 valence electrons. The maximum absolute atomic E-state index is 13.0. The normalized spacial score (nSPS) is 17.7. The molecule has 6 nitrogen and oxygen atoms in total. The predicted molar refractivity (Wildman–Crippen MR) is 120 cm³/mol. The third-order valence-electron chi connectivity index (χ3n) is 5.37. The van der Waals surface area contributed by atoms with E-state index in [1.807, 2.05) is 37.3 Å². The zero-order valence-electron chi connectivity index (χ0n) is 18.1. The molecule has 3 aromatic rings. The average Bonchev–Trinajstić information content (AvgIpc) is 3.34. The van der Waals surface area contributed by atoms with Crippen molar-refractivity contribution >= 4 is 17.4 Å². The lowest BCUT2D eigenvalue weighted by Crippen LogP contribution is -2.29. The van der Waals surface area contributed by atoms with Gasteiger partial charge in [0.1, 0.15) is 29.1 Å². The van der Waals surface area contributed by atoms with Crippen LogP contribution in [0, 0.1) is 6.92 Å². The van der Waals surface area contributed by atoms with Crippen molar-refractivity contribution < 1.29 is 23.8 Å². The van der Waals surface area contributed by atoms with Crippen molar-refractivity contribution in [3.63, 3.8) is 0 Å². The first-order chi connectivity index (χ1) is 15.5. The Morgan fingerprint density at radius 2 is 1.75 bits per heavy atom. The van der Waals surface area contributed by atoms with E-state index in [2.05, 4.69) is 0 Å². The minimum Gasteiger partial charge on any atom is -0.507 e. The molecule has 0 aliphatic carbocycles. The Balaban J connectivity index is 1.76. The quantitative estimate of drug-likeness (QED) is 0.324. The largest absolute Gasteiger partial charge is 0.507 e. The van der Waals surface area contributed by atoms with Gasteiger partial charge in [0.05, 0.1) is 12.2 Å². The van der Waals surface area contributed by atoms with E-state index in [4.69, 9.17) is 9.15 Å². The van der Waals surface area contributed by atoms with Gasteiger partial charge in [0.2, 0.25) is 0 Å². The Hall–Kier alpha value is -3.80. The monoisotopic (exact) mass is 431 g/mol. The van der Waals surface area contributed by atoms with E-state index in [9.17, 15) is 14.7 Å². The van der Waals surface area contributed by atoms with Crippen LogP contribution in [0.1, 0.15) is 42.0 Å². The highest BCUT2D eigenvalue weighted by Gasteiger charge is 2.47. The second-order valence-corrected chi connectivity index (χ2v) is 7.73. The zero-order valence-corrected chi connectivity index (χ0v) is 18.1. The first-order valence-corrected chi connectivity index (χ1v) is 10.6. The van der Waals surface area contributed by atoms with Gasteiger partial charge in [0.25, 0.3) is 11.7 Å². The fourth-order valence-electron chi connectivity index (χ4n) is 3.80. The number of likely N-dealkylation sites (tertiary alicyclic amines) is 1. The van der Waals surface area contributed by atoms with Crippen LogP contribution in [-0.2, 0) is 16.1 Å². The van der Waals surface area contributed by atoms with E-state index in [-0.39, 0.29) is 17.9 Å². The number of rotatable bonds is 7. The van der Waals surface area contributed by atoms with Crippen molar-refractivity contribution in [3.05, 3.63) is 95.0 Å². The summed E-state index contributed by atoms with van der Waals surface area (Å²) >= 11 is 0. The number of aliphatic hydroxyl groups excluding tert-OH is 1. The molecule has 1 fully saturated rings. The molecule has 1 aliphatic heterocycles. The first-order valence-electron chi connectivity index (χ1n) is 10.6. The van der Waals surface area contributed by atoms with E-state index >= 15 is 0 Å².